The normalized spacial score (nSPS) is 22.6. The zero-order valence-electron chi connectivity index (χ0n) is 16.3. The first-order valence-electron chi connectivity index (χ1n) is 9.86. The molecule has 3 aromatic rings. The molecule has 0 aromatic carbocycles. The molecule has 0 saturated heterocycles. The summed E-state index contributed by atoms with van der Waals surface area (Å²) in [6.45, 7) is 0.375. The van der Waals surface area contributed by atoms with Crippen LogP contribution < -0.4 is 5.32 Å². The van der Waals surface area contributed by atoms with E-state index in [1.807, 2.05) is 6.20 Å². The van der Waals surface area contributed by atoms with Gasteiger partial charge in [0.1, 0.15) is 17.3 Å². The number of hydrogen-bond donors (Lipinski definition) is 2. The van der Waals surface area contributed by atoms with Gasteiger partial charge in [0, 0.05) is 23.2 Å². The number of methoxy groups -OCH3 is 1. The highest BCUT2D eigenvalue weighted by Gasteiger charge is 2.35. The summed E-state index contributed by atoms with van der Waals surface area (Å²) in [6.07, 6.45) is 13.2. The number of aromatic amines is 1. The summed E-state index contributed by atoms with van der Waals surface area (Å²) in [6, 6.07) is 1.98. The van der Waals surface area contributed by atoms with Gasteiger partial charge in [0.15, 0.2) is 0 Å². The SMILES string of the molecule is COC=O.Fc1cnc2[nH]cc(-c3cncc(NC4CC5CCC4CC5)n3)c2c1. The van der Waals surface area contributed by atoms with Crippen molar-refractivity contribution in [2.24, 2.45) is 11.8 Å². The topological polar surface area (TPSA) is 92.8 Å². The lowest BCUT2D eigenvalue weighted by Crippen LogP contribution is -2.40. The Morgan fingerprint density at radius 2 is 2.03 bits per heavy atom. The third-order valence-corrected chi connectivity index (χ3v) is 5.89. The van der Waals surface area contributed by atoms with E-state index in [1.165, 1.54) is 51.5 Å². The summed E-state index contributed by atoms with van der Waals surface area (Å²) in [5.41, 5.74) is 2.20. The van der Waals surface area contributed by atoms with E-state index in [2.05, 4.69) is 25.0 Å². The number of nitrogens with zero attached hydrogens (tertiary/aromatic N) is 3. The molecule has 8 heteroatoms. The largest absolute Gasteiger partial charge is 0.471 e. The second-order valence-electron chi connectivity index (χ2n) is 7.64. The first kappa shape index (κ1) is 19.3. The molecule has 3 heterocycles. The van der Waals surface area contributed by atoms with Crippen molar-refractivity contribution < 1.29 is 13.9 Å². The molecular formula is C21H24FN5O2. The van der Waals surface area contributed by atoms with Crippen molar-refractivity contribution in [3.63, 3.8) is 0 Å². The Kier molecular flexibility index (Phi) is 5.69. The Labute approximate surface area is 168 Å². The Hall–Kier alpha value is -3.03. The van der Waals surface area contributed by atoms with Crippen LogP contribution in [0, 0.1) is 17.7 Å². The third-order valence-electron chi connectivity index (χ3n) is 5.89. The second kappa shape index (κ2) is 8.55. The molecule has 0 aliphatic heterocycles. The molecule has 0 amide bonds. The number of nitrogens with one attached hydrogen (secondary N) is 2. The van der Waals surface area contributed by atoms with Crippen molar-refractivity contribution in [1.29, 1.82) is 0 Å². The van der Waals surface area contributed by atoms with Gasteiger partial charge in [0.2, 0.25) is 0 Å². The number of hydrogen-bond acceptors (Lipinski definition) is 6. The van der Waals surface area contributed by atoms with Crippen molar-refractivity contribution in [3.05, 3.63) is 36.7 Å². The predicted octanol–water partition coefficient (Wildman–Crippen LogP) is 3.94. The van der Waals surface area contributed by atoms with E-state index in [1.54, 1.807) is 12.4 Å². The fourth-order valence-corrected chi connectivity index (χ4v) is 4.50. The molecular weight excluding hydrogens is 373 g/mol. The van der Waals surface area contributed by atoms with Crippen LogP contribution in [0.2, 0.25) is 0 Å². The molecule has 2 bridgehead atoms. The average Bonchev–Trinajstić information content (AvgIpc) is 3.18. The number of anilines is 1. The van der Waals surface area contributed by atoms with Gasteiger partial charge in [0.05, 0.1) is 31.4 Å². The van der Waals surface area contributed by atoms with Crippen LogP contribution in [0.1, 0.15) is 32.1 Å². The van der Waals surface area contributed by atoms with Crippen molar-refractivity contribution >= 4 is 23.3 Å². The number of fused-ring (bicyclic) bond motifs is 4. The van der Waals surface area contributed by atoms with Gasteiger partial charge in [-0.1, -0.05) is 12.8 Å². The Morgan fingerprint density at radius 1 is 1.24 bits per heavy atom. The standard InChI is InChI=1S/C19H20FN5.C2H4O2/c20-13-6-14-15(8-23-19(14)22-7-13)17-9-21-10-18(25-17)24-16-5-11-1-3-12(16)4-2-11;1-4-2-3/h6-12,16H,1-5H2,(H,22,23)(H,24,25);2H,1H3. The van der Waals surface area contributed by atoms with Gasteiger partial charge >= 0.3 is 0 Å². The average molecular weight is 397 g/mol. The minimum absolute atomic E-state index is 0.353. The molecule has 0 spiro atoms. The maximum absolute atomic E-state index is 13.6. The van der Waals surface area contributed by atoms with Crippen LogP contribution >= 0.6 is 0 Å². The monoisotopic (exact) mass is 397 g/mol. The first-order chi connectivity index (χ1) is 14.2. The van der Waals surface area contributed by atoms with Crippen LogP contribution in [0.25, 0.3) is 22.3 Å². The van der Waals surface area contributed by atoms with E-state index in [-0.39, 0.29) is 5.82 Å². The number of aromatic nitrogens is 4. The van der Waals surface area contributed by atoms with E-state index in [9.17, 15) is 4.39 Å². The Morgan fingerprint density at radius 3 is 2.72 bits per heavy atom. The molecule has 3 aromatic heterocycles. The molecule has 1 unspecified atom stereocenters. The van der Waals surface area contributed by atoms with Gasteiger partial charge in [-0.05, 0) is 37.2 Å². The molecule has 3 aliphatic carbocycles. The van der Waals surface area contributed by atoms with Crippen molar-refractivity contribution in [1.82, 2.24) is 19.9 Å². The summed E-state index contributed by atoms with van der Waals surface area (Å²) >= 11 is 0. The fourth-order valence-electron chi connectivity index (χ4n) is 4.50. The minimum atomic E-state index is -0.353. The summed E-state index contributed by atoms with van der Waals surface area (Å²) < 4.78 is 17.4. The number of carbonyl (C=O) groups excluding carboxylic acids is 1. The van der Waals surface area contributed by atoms with Crippen molar-refractivity contribution in [2.75, 3.05) is 12.4 Å². The second-order valence-corrected chi connectivity index (χ2v) is 7.64. The Balaban J connectivity index is 0.000000472. The van der Waals surface area contributed by atoms with Crippen LogP contribution in [0.15, 0.2) is 30.9 Å². The van der Waals surface area contributed by atoms with Crippen LogP contribution in [0.3, 0.4) is 0 Å². The van der Waals surface area contributed by atoms with Crippen LogP contribution in [0.4, 0.5) is 10.2 Å². The highest BCUT2D eigenvalue weighted by Crippen LogP contribution is 2.42. The Bertz CT molecular complexity index is 984. The van der Waals surface area contributed by atoms with Crippen LogP contribution in [-0.4, -0.2) is 39.6 Å². The number of halogens is 1. The molecule has 3 saturated carbocycles. The van der Waals surface area contributed by atoms with Gasteiger partial charge in [-0.25, -0.2) is 14.4 Å². The molecule has 1 atom stereocenters. The molecule has 0 radical (unpaired) electrons. The van der Waals surface area contributed by atoms with Crippen LogP contribution in [0.5, 0.6) is 0 Å². The number of pyridine rings is 1. The maximum atomic E-state index is 13.6. The number of ether oxygens (including phenoxy) is 1. The van der Waals surface area contributed by atoms with Gasteiger partial charge in [-0.3, -0.25) is 9.78 Å². The van der Waals surface area contributed by atoms with E-state index in [0.29, 0.717) is 18.2 Å². The molecule has 152 valence electrons. The maximum Gasteiger partial charge on any atom is 0.292 e. The predicted molar refractivity (Wildman–Crippen MR) is 108 cm³/mol. The number of carbonyl (C=O) groups is 1. The first-order valence-corrected chi connectivity index (χ1v) is 9.86. The smallest absolute Gasteiger partial charge is 0.292 e. The molecule has 3 fully saturated rings. The molecule has 3 aliphatic rings. The van der Waals surface area contributed by atoms with Gasteiger partial charge in [-0.2, -0.15) is 0 Å². The van der Waals surface area contributed by atoms with Crippen LogP contribution in [-0.2, 0) is 9.53 Å². The zero-order valence-corrected chi connectivity index (χ0v) is 16.3. The highest BCUT2D eigenvalue weighted by atomic mass is 19.1. The quantitative estimate of drug-likeness (QED) is 0.648. The summed E-state index contributed by atoms with van der Waals surface area (Å²) in [4.78, 5) is 25.2. The fraction of sp³-hybridized carbons (Fsp3) is 0.429. The third kappa shape index (κ3) is 4.21. The van der Waals surface area contributed by atoms with Gasteiger partial charge in [-0.15, -0.1) is 0 Å². The van der Waals surface area contributed by atoms with E-state index >= 15 is 0 Å². The molecule has 2 N–H and O–H groups in total. The van der Waals surface area contributed by atoms with E-state index < -0.39 is 0 Å². The lowest BCUT2D eigenvalue weighted by molar-refractivity contribution is -0.126. The van der Waals surface area contributed by atoms with Gasteiger partial charge < -0.3 is 15.0 Å². The molecule has 7 nitrogen and oxygen atoms in total. The molecule has 6 rings (SSSR count). The minimum Gasteiger partial charge on any atom is -0.471 e. The van der Waals surface area contributed by atoms with E-state index in [4.69, 9.17) is 9.78 Å². The summed E-state index contributed by atoms with van der Waals surface area (Å²) in [5, 5.41) is 4.33. The lowest BCUT2D eigenvalue weighted by atomic mass is 9.68. The van der Waals surface area contributed by atoms with Gasteiger partial charge in [0.25, 0.3) is 6.47 Å². The van der Waals surface area contributed by atoms with Crippen molar-refractivity contribution in [2.45, 2.75) is 38.1 Å². The molecule has 29 heavy (non-hydrogen) atoms. The zero-order chi connectivity index (χ0) is 20.2. The highest BCUT2D eigenvalue weighted by molar-refractivity contribution is 5.92. The van der Waals surface area contributed by atoms with E-state index in [0.717, 1.165) is 34.3 Å². The summed E-state index contributed by atoms with van der Waals surface area (Å²) in [5.74, 6) is 2.06. The lowest BCUT2D eigenvalue weighted by Gasteiger charge is -2.42. The van der Waals surface area contributed by atoms with Crippen molar-refractivity contribution in [3.8, 4) is 11.3 Å². The number of H-pyrrole nitrogens is 1. The number of rotatable bonds is 4. The summed E-state index contributed by atoms with van der Waals surface area (Å²) in [7, 11) is 1.31.